The Morgan fingerprint density at radius 1 is 1.03 bits per heavy atom. The maximum absolute atomic E-state index is 13.4. The van der Waals surface area contributed by atoms with E-state index in [1.807, 2.05) is 66.7 Å². The van der Waals surface area contributed by atoms with E-state index in [0.717, 1.165) is 11.3 Å². The molecule has 4 aromatic rings. The van der Waals surface area contributed by atoms with Crippen molar-refractivity contribution in [2.24, 2.45) is 0 Å². The lowest BCUT2D eigenvalue weighted by molar-refractivity contribution is 0.0963. The van der Waals surface area contributed by atoms with Gasteiger partial charge in [0, 0.05) is 36.0 Å². The molecule has 0 saturated carbocycles. The lowest BCUT2D eigenvalue weighted by atomic mass is 10.0. The molecule has 2 aromatic heterocycles. The van der Waals surface area contributed by atoms with Gasteiger partial charge in [-0.3, -0.25) is 9.69 Å². The minimum atomic E-state index is -0.541. The van der Waals surface area contributed by atoms with E-state index in [2.05, 4.69) is 15.3 Å². The maximum atomic E-state index is 13.4. The number of carbonyl (C=O) groups excluding carboxylic acids is 1. The van der Waals surface area contributed by atoms with E-state index in [1.165, 1.54) is 0 Å². The van der Waals surface area contributed by atoms with Crippen LogP contribution in [0.15, 0.2) is 97.5 Å². The van der Waals surface area contributed by atoms with Crippen LogP contribution >= 0.6 is 0 Å². The number of hydrogen-bond donors (Lipinski definition) is 3. The Bertz CT molecular complexity index is 1080. The zero-order valence-corrected chi connectivity index (χ0v) is 16.3. The van der Waals surface area contributed by atoms with Crippen LogP contribution in [0.1, 0.15) is 22.0 Å². The number of aliphatic hydroxyl groups excluding tert-OH is 1. The average Bonchev–Trinajstić information content (AvgIpc) is 3.33. The monoisotopic (exact) mass is 398 g/mol. The Morgan fingerprint density at radius 3 is 2.43 bits per heavy atom. The van der Waals surface area contributed by atoms with E-state index in [1.54, 1.807) is 35.6 Å². The summed E-state index contributed by atoms with van der Waals surface area (Å²) in [6, 6.07) is 24.0. The van der Waals surface area contributed by atoms with E-state index >= 15 is 0 Å². The topological polar surface area (TPSA) is 81.2 Å². The van der Waals surface area contributed by atoms with Gasteiger partial charge in [-0.05, 0) is 29.8 Å². The number of amides is 1. The number of carbonyl (C=O) groups is 1. The third-order valence-electron chi connectivity index (χ3n) is 4.80. The Hall–Kier alpha value is -3.90. The number of nitrogens with zero attached hydrogens (tertiary/aromatic N) is 2. The average molecular weight is 398 g/mol. The molecule has 4 rings (SSSR count). The first kappa shape index (κ1) is 19.4. The van der Waals surface area contributed by atoms with Crippen molar-refractivity contribution < 1.29 is 9.90 Å². The van der Waals surface area contributed by atoms with Crippen molar-refractivity contribution in [3.63, 3.8) is 0 Å². The number of rotatable bonds is 7. The van der Waals surface area contributed by atoms with Crippen LogP contribution in [-0.4, -0.2) is 27.6 Å². The first-order valence-electron chi connectivity index (χ1n) is 9.66. The summed E-state index contributed by atoms with van der Waals surface area (Å²) in [5, 5.41) is 13.5. The molecule has 2 aromatic carbocycles. The van der Waals surface area contributed by atoms with Crippen LogP contribution in [0.25, 0.3) is 0 Å². The van der Waals surface area contributed by atoms with Gasteiger partial charge in [-0.1, -0.05) is 48.5 Å². The van der Waals surface area contributed by atoms with Crippen LogP contribution in [0, 0.1) is 0 Å². The molecule has 1 unspecified atom stereocenters. The zero-order chi connectivity index (χ0) is 20.8. The second-order valence-electron chi connectivity index (χ2n) is 6.77. The van der Waals surface area contributed by atoms with Gasteiger partial charge >= 0.3 is 0 Å². The predicted molar refractivity (Wildman–Crippen MR) is 118 cm³/mol. The van der Waals surface area contributed by atoms with E-state index in [4.69, 9.17) is 0 Å². The fourth-order valence-electron chi connectivity index (χ4n) is 3.35. The van der Waals surface area contributed by atoms with Gasteiger partial charge < -0.3 is 15.4 Å². The number of nitrogens with one attached hydrogen (secondary N) is 2. The number of aromatic amines is 1. The molecule has 2 heterocycles. The highest BCUT2D eigenvalue weighted by Crippen LogP contribution is 2.30. The molecule has 0 spiro atoms. The maximum Gasteiger partial charge on any atom is 0.260 e. The van der Waals surface area contributed by atoms with Gasteiger partial charge in [0.25, 0.3) is 5.91 Å². The summed E-state index contributed by atoms with van der Waals surface area (Å²) in [5.41, 5.74) is 2.89. The molecule has 0 radical (unpaired) electrons. The molecule has 1 amide bonds. The third kappa shape index (κ3) is 4.24. The van der Waals surface area contributed by atoms with Crippen molar-refractivity contribution in [3.05, 3.63) is 109 Å². The largest absolute Gasteiger partial charge is 0.394 e. The van der Waals surface area contributed by atoms with Crippen LogP contribution in [0.2, 0.25) is 0 Å². The highest BCUT2D eigenvalue weighted by molar-refractivity contribution is 6.06. The molecule has 0 bridgehead atoms. The number of H-pyrrole nitrogens is 1. The molecule has 1 atom stereocenters. The van der Waals surface area contributed by atoms with Crippen LogP contribution < -0.4 is 10.2 Å². The summed E-state index contributed by atoms with van der Waals surface area (Å²) in [6.45, 7) is -0.218. The fourth-order valence-corrected chi connectivity index (χ4v) is 3.35. The lowest BCUT2D eigenvalue weighted by Crippen LogP contribution is -2.36. The molecule has 6 heteroatoms. The molecule has 0 aliphatic rings. The predicted octanol–water partition coefficient (Wildman–Crippen LogP) is 4.53. The number of pyridine rings is 1. The van der Waals surface area contributed by atoms with Gasteiger partial charge in [-0.25, -0.2) is 4.98 Å². The van der Waals surface area contributed by atoms with Crippen molar-refractivity contribution in [1.82, 2.24) is 9.97 Å². The van der Waals surface area contributed by atoms with E-state index in [-0.39, 0.29) is 12.5 Å². The van der Waals surface area contributed by atoms with Gasteiger partial charge in [0.2, 0.25) is 0 Å². The standard InChI is InChI=1S/C24H22N4O2/c29-17-22(18-7-3-1-4-8-18)28(24(30)19-11-13-25-16-19)21-12-14-26-23(15-21)27-20-9-5-2-6-10-20/h1-16,22,25,29H,17H2,(H,26,27). The normalized spacial score (nSPS) is 11.6. The molecule has 3 N–H and O–H groups in total. The highest BCUT2D eigenvalue weighted by atomic mass is 16.3. The summed E-state index contributed by atoms with van der Waals surface area (Å²) in [7, 11) is 0. The first-order valence-corrected chi connectivity index (χ1v) is 9.66. The summed E-state index contributed by atoms with van der Waals surface area (Å²) in [4.78, 5) is 22.3. The Labute approximate surface area is 174 Å². The molecular formula is C24H22N4O2. The first-order chi connectivity index (χ1) is 14.8. The number of aliphatic hydroxyl groups is 1. The molecule has 6 nitrogen and oxygen atoms in total. The van der Waals surface area contributed by atoms with Gasteiger partial charge in [-0.15, -0.1) is 0 Å². The van der Waals surface area contributed by atoms with Gasteiger partial charge in [-0.2, -0.15) is 0 Å². The highest BCUT2D eigenvalue weighted by Gasteiger charge is 2.28. The number of anilines is 3. The smallest absolute Gasteiger partial charge is 0.260 e. The van der Waals surface area contributed by atoms with Crippen molar-refractivity contribution in [2.75, 3.05) is 16.8 Å². The van der Waals surface area contributed by atoms with Gasteiger partial charge in [0.05, 0.1) is 18.2 Å². The summed E-state index contributed by atoms with van der Waals surface area (Å²) in [6.07, 6.45) is 5.01. The number of para-hydroxylation sites is 1. The van der Waals surface area contributed by atoms with Gasteiger partial charge in [0.15, 0.2) is 0 Å². The van der Waals surface area contributed by atoms with Crippen molar-refractivity contribution in [3.8, 4) is 0 Å². The third-order valence-corrected chi connectivity index (χ3v) is 4.80. The Balaban J connectivity index is 1.74. The lowest BCUT2D eigenvalue weighted by Gasteiger charge is -2.31. The summed E-state index contributed by atoms with van der Waals surface area (Å²) >= 11 is 0. The SMILES string of the molecule is O=C(c1cc[nH]c1)N(c1ccnc(Nc2ccccc2)c1)C(CO)c1ccccc1. The Kier molecular flexibility index (Phi) is 5.87. The number of benzene rings is 2. The second-order valence-corrected chi connectivity index (χ2v) is 6.77. The number of hydrogen-bond acceptors (Lipinski definition) is 4. The molecule has 0 aliphatic carbocycles. The van der Waals surface area contributed by atoms with E-state index in [0.29, 0.717) is 17.1 Å². The van der Waals surface area contributed by atoms with Gasteiger partial charge in [0.1, 0.15) is 5.82 Å². The quantitative estimate of drug-likeness (QED) is 0.427. The van der Waals surface area contributed by atoms with Crippen LogP contribution in [-0.2, 0) is 0 Å². The molecule has 30 heavy (non-hydrogen) atoms. The van der Waals surface area contributed by atoms with Crippen LogP contribution in [0.4, 0.5) is 17.2 Å². The summed E-state index contributed by atoms with van der Waals surface area (Å²) < 4.78 is 0. The fraction of sp³-hybridized carbons (Fsp3) is 0.0833. The van der Waals surface area contributed by atoms with E-state index in [9.17, 15) is 9.90 Å². The van der Waals surface area contributed by atoms with E-state index < -0.39 is 6.04 Å². The molecule has 0 fully saturated rings. The molecule has 0 aliphatic heterocycles. The van der Waals surface area contributed by atoms with Crippen molar-refractivity contribution >= 4 is 23.1 Å². The molecule has 150 valence electrons. The molecular weight excluding hydrogens is 376 g/mol. The molecule has 0 saturated heterocycles. The zero-order valence-electron chi connectivity index (χ0n) is 16.3. The Morgan fingerprint density at radius 2 is 1.77 bits per heavy atom. The summed E-state index contributed by atoms with van der Waals surface area (Å²) in [5.74, 6) is 0.395. The second kappa shape index (κ2) is 9.07. The van der Waals surface area contributed by atoms with Crippen molar-refractivity contribution in [1.29, 1.82) is 0 Å². The minimum absolute atomic E-state index is 0.212. The van der Waals surface area contributed by atoms with Crippen LogP contribution in [0.3, 0.4) is 0 Å². The number of aromatic nitrogens is 2. The van der Waals surface area contributed by atoms with Crippen molar-refractivity contribution in [2.45, 2.75) is 6.04 Å². The van der Waals surface area contributed by atoms with Crippen LogP contribution in [0.5, 0.6) is 0 Å². The minimum Gasteiger partial charge on any atom is -0.394 e.